The number of esters is 2. The average Bonchev–Trinajstić information content (AvgIpc) is 2.51. The second kappa shape index (κ2) is 9.20. The molecule has 0 unspecified atom stereocenters. The predicted molar refractivity (Wildman–Crippen MR) is 78.9 cm³/mol. The van der Waals surface area contributed by atoms with Gasteiger partial charge in [-0.05, 0) is 19.8 Å². The van der Waals surface area contributed by atoms with Crippen molar-refractivity contribution in [2.75, 3.05) is 40.4 Å². The number of hydrogen-bond acceptors (Lipinski definition) is 5. The first-order chi connectivity index (χ1) is 10.1. The number of aliphatic imine (C=N–C) groups is 1. The van der Waals surface area contributed by atoms with Crippen LogP contribution in [0.4, 0.5) is 0 Å². The van der Waals surface area contributed by atoms with E-state index in [1.165, 1.54) is 7.11 Å². The normalized spacial score (nSPS) is 16.5. The standard InChI is InChI=1S/C14H25N3O4/c1-4-21-13(19)11-6-9-17(10-7-11)14(15-2)16-8-5-12(18)20-3/h11H,4-10H2,1-3H3,(H,15,16). The monoisotopic (exact) mass is 299 g/mol. The van der Waals surface area contributed by atoms with E-state index in [1.807, 2.05) is 6.92 Å². The maximum Gasteiger partial charge on any atom is 0.309 e. The van der Waals surface area contributed by atoms with Gasteiger partial charge in [0.15, 0.2) is 5.96 Å². The molecule has 1 fully saturated rings. The Morgan fingerprint density at radius 2 is 2.00 bits per heavy atom. The SMILES string of the molecule is CCOC(=O)C1CCN(C(=NC)NCCC(=O)OC)CC1. The van der Waals surface area contributed by atoms with Crippen LogP contribution in [0.15, 0.2) is 4.99 Å². The van der Waals surface area contributed by atoms with Gasteiger partial charge in [-0.2, -0.15) is 0 Å². The Kier molecular flexibility index (Phi) is 7.56. The molecule has 0 aromatic carbocycles. The van der Waals surface area contributed by atoms with E-state index in [9.17, 15) is 9.59 Å². The molecule has 7 heteroatoms. The fourth-order valence-electron chi connectivity index (χ4n) is 2.30. The summed E-state index contributed by atoms with van der Waals surface area (Å²) < 4.78 is 9.64. The molecule has 0 aliphatic carbocycles. The van der Waals surface area contributed by atoms with Crippen LogP contribution in [0, 0.1) is 5.92 Å². The van der Waals surface area contributed by atoms with Crippen LogP contribution in [0.3, 0.4) is 0 Å². The molecule has 1 saturated heterocycles. The lowest BCUT2D eigenvalue weighted by Crippen LogP contribution is -2.47. The summed E-state index contributed by atoms with van der Waals surface area (Å²) in [5.74, 6) is 0.375. The van der Waals surface area contributed by atoms with Crippen molar-refractivity contribution in [3.8, 4) is 0 Å². The smallest absolute Gasteiger partial charge is 0.309 e. The van der Waals surface area contributed by atoms with Crippen LogP contribution >= 0.6 is 0 Å². The first-order valence-corrected chi connectivity index (χ1v) is 7.31. The zero-order chi connectivity index (χ0) is 15.7. The molecule has 0 atom stereocenters. The largest absolute Gasteiger partial charge is 0.469 e. The van der Waals surface area contributed by atoms with Gasteiger partial charge in [-0.3, -0.25) is 14.6 Å². The van der Waals surface area contributed by atoms with E-state index in [0.717, 1.165) is 31.9 Å². The molecule has 0 aromatic heterocycles. The third kappa shape index (κ3) is 5.61. The van der Waals surface area contributed by atoms with Gasteiger partial charge < -0.3 is 19.7 Å². The summed E-state index contributed by atoms with van der Waals surface area (Å²) in [5, 5.41) is 3.13. The summed E-state index contributed by atoms with van der Waals surface area (Å²) in [4.78, 5) is 29.1. The highest BCUT2D eigenvalue weighted by atomic mass is 16.5. The molecule has 0 bridgehead atoms. The highest BCUT2D eigenvalue weighted by Crippen LogP contribution is 2.18. The molecule has 1 aliphatic heterocycles. The van der Waals surface area contributed by atoms with Crippen molar-refractivity contribution < 1.29 is 19.1 Å². The van der Waals surface area contributed by atoms with E-state index < -0.39 is 0 Å². The lowest BCUT2D eigenvalue weighted by atomic mass is 9.97. The van der Waals surface area contributed by atoms with Gasteiger partial charge in [0, 0.05) is 26.7 Å². The van der Waals surface area contributed by atoms with Crippen molar-refractivity contribution in [3.63, 3.8) is 0 Å². The van der Waals surface area contributed by atoms with Gasteiger partial charge in [-0.25, -0.2) is 0 Å². The Bertz CT molecular complexity index is 376. The minimum atomic E-state index is -0.251. The van der Waals surface area contributed by atoms with Gasteiger partial charge in [0.2, 0.25) is 0 Å². The third-order valence-corrected chi connectivity index (χ3v) is 3.47. The van der Waals surface area contributed by atoms with Gasteiger partial charge in [0.25, 0.3) is 0 Å². The minimum Gasteiger partial charge on any atom is -0.469 e. The second-order valence-corrected chi connectivity index (χ2v) is 4.81. The molecule has 1 rings (SSSR count). The summed E-state index contributed by atoms with van der Waals surface area (Å²) in [6.07, 6.45) is 1.82. The van der Waals surface area contributed by atoms with Gasteiger partial charge in [-0.15, -0.1) is 0 Å². The number of nitrogens with one attached hydrogen (secondary N) is 1. The number of piperidine rings is 1. The fraction of sp³-hybridized carbons (Fsp3) is 0.786. The molecule has 1 N–H and O–H groups in total. The van der Waals surface area contributed by atoms with E-state index in [1.54, 1.807) is 7.05 Å². The van der Waals surface area contributed by atoms with Crippen LogP contribution < -0.4 is 5.32 Å². The van der Waals surface area contributed by atoms with E-state index in [2.05, 4.69) is 19.9 Å². The number of ether oxygens (including phenoxy) is 2. The maximum absolute atomic E-state index is 11.7. The Balaban J connectivity index is 2.37. The van der Waals surface area contributed by atoms with Crippen molar-refractivity contribution in [2.45, 2.75) is 26.2 Å². The molecule has 0 saturated carbocycles. The number of carbonyl (C=O) groups is 2. The first-order valence-electron chi connectivity index (χ1n) is 7.31. The lowest BCUT2D eigenvalue weighted by molar-refractivity contribution is -0.149. The number of hydrogen-bond donors (Lipinski definition) is 1. The highest BCUT2D eigenvalue weighted by molar-refractivity contribution is 5.81. The minimum absolute atomic E-state index is 0.0191. The Hall–Kier alpha value is -1.79. The second-order valence-electron chi connectivity index (χ2n) is 4.81. The van der Waals surface area contributed by atoms with Crippen LogP contribution in [-0.2, 0) is 19.1 Å². The van der Waals surface area contributed by atoms with Gasteiger partial charge in [0.1, 0.15) is 0 Å². The van der Waals surface area contributed by atoms with Crippen LogP contribution in [-0.4, -0.2) is 63.2 Å². The lowest BCUT2D eigenvalue weighted by Gasteiger charge is -2.33. The van der Waals surface area contributed by atoms with Gasteiger partial charge in [-0.1, -0.05) is 0 Å². The highest BCUT2D eigenvalue weighted by Gasteiger charge is 2.27. The number of likely N-dealkylation sites (tertiary alicyclic amines) is 1. The van der Waals surface area contributed by atoms with Crippen LogP contribution in [0.2, 0.25) is 0 Å². The summed E-state index contributed by atoms with van der Waals surface area (Å²) in [6, 6.07) is 0. The van der Waals surface area contributed by atoms with E-state index >= 15 is 0 Å². The van der Waals surface area contributed by atoms with Crippen LogP contribution in [0.25, 0.3) is 0 Å². The van der Waals surface area contributed by atoms with Crippen LogP contribution in [0.1, 0.15) is 26.2 Å². The maximum atomic E-state index is 11.7. The van der Waals surface area contributed by atoms with Gasteiger partial charge in [0.05, 0.1) is 26.1 Å². The molecule has 120 valence electrons. The number of guanidine groups is 1. The number of methoxy groups -OCH3 is 1. The molecule has 0 amide bonds. The zero-order valence-corrected chi connectivity index (χ0v) is 13.1. The number of rotatable bonds is 5. The number of nitrogens with zero attached hydrogens (tertiary/aromatic N) is 2. The van der Waals surface area contributed by atoms with E-state index in [-0.39, 0.29) is 17.9 Å². The van der Waals surface area contributed by atoms with E-state index in [0.29, 0.717) is 19.6 Å². The molecule has 0 spiro atoms. The van der Waals surface area contributed by atoms with Crippen molar-refractivity contribution in [3.05, 3.63) is 0 Å². The topological polar surface area (TPSA) is 80.2 Å². The van der Waals surface area contributed by atoms with Crippen molar-refractivity contribution in [1.29, 1.82) is 0 Å². The van der Waals surface area contributed by atoms with Crippen LogP contribution in [0.5, 0.6) is 0 Å². The Morgan fingerprint density at radius 1 is 1.33 bits per heavy atom. The molecule has 0 aromatic rings. The zero-order valence-electron chi connectivity index (χ0n) is 13.1. The summed E-state index contributed by atoms with van der Waals surface area (Å²) in [6.45, 7) is 4.23. The van der Waals surface area contributed by atoms with Crippen molar-refractivity contribution >= 4 is 17.9 Å². The predicted octanol–water partition coefficient (Wildman–Crippen LogP) is 0.400. The first kappa shape index (κ1) is 17.3. The fourth-order valence-corrected chi connectivity index (χ4v) is 2.30. The third-order valence-electron chi connectivity index (χ3n) is 3.47. The molecule has 7 nitrogen and oxygen atoms in total. The Morgan fingerprint density at radius 3 is 2.52 bits per heavy atom. The molecular weight excluding hydrogens is 274 g/mol. The van der Waals surface area contributed by atoms with Crippen molar-refractivity contribution in [1.82, 2.24) is 10.2 Å². The molecule has 0 radical (unpaired) electrons. The van der Waals surface area contributed by atoms with Gasteiger partial charge >= 0.3 is 11.9 Å². The molecule has 21 heavy (non-hydrogen) atoms. The number of carbonyl (C=O) groups excluding carboxylic acids is 2. The van der Waals surface area contributed by atoms with Crippen molar-refractivity contribution in [2.24, 2.45) is 10.9 Å². The summed E-state index contributed by atoms with van der Waals surface area (Å²) >= 11 is 0. The molecule has 1 aliphatic rings. The molecular formula is C14H25N3O4. The summed E-state index contributed by atoms with van der Waals surface area (Å²) in [7, 11) is 3.08. The summed E-state index contributed by atoms with van der Waals surface area (Å²) in [5.41, 5.74) is 0. The Labute approximate surface area is 125 Å². The quantitative estimate of drug-likeness (QED) is 0.450. The average molecular weight is 299 g/mol. The van der Waals surface area contributed by atoms with E-state index in [4.69, 9.17) is 4.74 Å². The molecule has 1 heterocycles.